The van der Waals surface area contributed by atoms with Crippen LogP contribution in [0.1, 0.15) is 47.4 Å². The summed E-state index contributed by atoms with van der Waals surface area (Å²) in [6, 6.07) is 14.0. The monoisotopic (exact) mass is 606 g/mol. The number of hydrogen-bond acceptors (Lipinski definition) is 7. The van der Waals surface area contributed by atoms with E-state index in [4.69, 9.17) is 33.7 Å². The fraction of sp³-hybridized carbons (Fsp3) is 0.226. The number of hydrogen-bond donors (Lipinski definition) is 1. The number of nitro groups is 1. The topological polar surface area (TPSA) is 122 Å². The zero-order valence-corrected chi connectivity index (χ0v) is 24.2. The molecular weight excluding hydrogens is 582 g/mol. The molecule has 1 atom stereocenters. The van der Waals surface area contributed by atoms with Gasteiger partial charge in [0, 0.05) is 29.8 Å². The van der Waals surface area contributed by atoms with Crippen molar-refractivity contribution in [2.24, 2.45) is 5.73 Å². The highest BCUT2D eigenvalue weighted by Gasteiger charge is 2.41. The van der Waals surface area contributed by atoms with Crippen LogP contribution in [0.5, 0.6) is 5.75 Å². The molecule has 2 N–H and O–H groups in total. The Morgan fingerprint density at radius 1 is 1.14 bits per heavy atom. The minimum Gasteiger partial charge on any atom is -0.487 e. The molecular formula is C31H25Cl2FN4O4. The quantitative estimate of drug-likeness (QED) is 0.227. The predicted molar refractivity (Wildman–Crippen MR) is 158 cm³/mol. The van der Waals surface area contributed by atoms with Crippen LogP contribution < -0.4 is 15.4 Å². The number of nitrogens with zero attached hydrogens (tertiary/aromatic N) is 3. The Morgan fingerprint density at radius 3 is 2.57 bits per heavy atom. The van der Waals surface area contributed by atoms with Gasteiger partial charge in [0.1, 0.15) is 24.0 Å². The smallest absolute Gasteiger partial charge is 0.271 e. The Hall–Kier alpha value is -4.39. The molecule has 42 heavy (non-hydrogen) atoms. The molecule has 11 heteroatoms. The van der Waals surface area contributed by atoms with Crippen molar-refractivity contribution in [3.63, 3.8) is 0 Å². The molecule has 1 aliphatic carbocycles. The number of allylic oxidation sites excluding steroid dienone is 3. The van der Waals surface area contributed by atoms with E-state index in [1.165, 1.54) is 36.4 Å². The Balaban J connectivity index is 1.64. The van der Waals surface area contributed by atoms with Gasteiger partial charge in [-0.15, -0.1) is 0 Å². The fourth-order valence-corrected chi connectivity index (χ4v) is 6.11. The lowest BCUT2D eigenvalue weighted by Gasteiger charge is -2.40. The van der Waals surface area contributed by atoms with Crippen molar-refractivity contribution in [2.45, 2.75) is 45.6 Å². The first-order chi connectivity index (χ1) is 20.0. The second-order valence-electron chi connectivity index (χ2n) is 10.2. The number of ketones is 1. The molecule has 5 rings (SSSR count). The number of nitro benzene ring substituents is 1. The van der Waals surface area contributed by atoms with Gasteiger partial charge in [-0.1, -0.05) is 40.9 Å². The van der Waals surface area contributed by atoms with Crippen molar-refractivity contribution in [1.82, 2.24) is 0 Å². The third-order valence-electron chi connectivity index (χ3n) is 7.58. The number of Topliss-reactive ketones (excluding diaryl/α,β-unsaturated/α-hetero) is 1. The van der Waals surface area contributed by atoms with E-state index in [1.807, 2.05) is 26.0 Å². The normalized spacial score (nSPS) is 16.8. The fourth-order valence-electron chi connectivity index (χ4n) is 5.62. The Morgan fingerprint density at radius 2 is 1.90 bits per heavy atom. The van der Waals surface area contributed by atoms with E-state index in [0.717, 1.165) is 22.3 Å². The average Bonchev–Trinajstić information content (AvgIpc) is 2.94. The van der Waals surface area contributed by atoms with E-state index >= 15 is 0 Å². The Kier molecular flexibility index (Phi) is 7.95. The second kappa shape index (κ2) is 11.5. The number of aryl methyl sites for hydroxylation is 1. The maximum atomic E-state index is 13.6. The summed E-state index contributed by atoms with van der Waals surface area (Å²) in [4.78, 5) is 25.9. The zero-order chi connectivity index (χ0) is 30.3. The molecule has 8 nitrogen and oxygen atoms in total. The van der Waals surface area contributed by atoms with Crippen LogP contribution in [-0.2, 0) is 11.4 Å². The van der Waals surface area contributed by atoms with Gasteiger partial charge in [0.05, 0.1) is 38.2 Å². The van der Waals surface area contributed by atoms with Crippen molar-refractivity contribution < 1.29 is 18.8 Å². The summed E-state index contributed by atoms with van der Waals surface area (Å²) in [5, 5.41) is 21.9. The third kappa shape index (κ3) is 5.20. The molecule has 0 aromatic heterocycles. The summed E-state index contributed by atoms with van der Waals surface area (Å²) >= 11 is 12.7. The number of rotatable bonds is 6. The lowest BCUT2D eigenvalue weighted by Crippen LogP contribution is -2.39. The standard InChI is InChI=1S/C31H25Cl2FN4O4/c1-16-10-18(15-42-28-9-6-19(34)12-24(28)33)17(2)21(11-16)29-22(14-35)31(36)37(26-4-3-5-27(39)30(26)29)25-8-7-20(38(40)41)13-23(25)32/h6-13,29H,3-5,15,36H2,1-2H3. The summed E-state index contributed by atoms with van der Waals surface area (Å²) in [6.07, 6.45) is 1.37. The van der Waals surface area contributed by atoms with Gasteiger partial charge >= 0.3 is 0 Å². The van der Waals surface area contributed by atoms with Crippen molar-refractivity contribution in [3.05, 3.63) is 119 Å². The minimum atomic E-state index is -0.737. The molecule has 0 bridgehead atoms. The van der Waals surface area contributed by atoms with Crippen LogP contribution in [0.3, 0.4) is 0 Å². The first-order valence-electron chi connectivity index (χ1n) is 13.1. The van der Waals surface area contributed by atoms with Gasteiger partial charge < -0.3 is 10.5 Å². The van der Waals surface area contributed by atoms with Gasteiger partial charge in [-0.25, -0.2) is 4.39 Å². The molecule has 2 aliphatic rings. The maximum absolute atomic E-state index is 13.6. The number of nitriles is 1. The molecule has 1 unspecified atom stereocenters. The van der Waals surface area contributed by atoms with Gasteiger partial charge in [0.2, 0.25) is 0 Å². The van der Waals surface area contributed by atoms with E-state index in [-0.39, 0.29) is 39.5 Å². The first kappa shape index (κ1) is 29.1. The number of halogens is 3. The van der Waals surface area contributed by atoms with E-state index in [0.29, 0.717) is 42.0 Å². The number of nitrogens with two attached hydrogens (primary N) is 1. The van der Waals surface area contributed by atoms with Gasteiger partial charge in [0.15, 0.2) is 5.78 Å². The summed E-state index contributed by atoms with van der Waals surface area (Å²) in [7, 11) is 0. The van der Waals surface area contributed by atoms with Crippen LogP contribution in [0.25, 0.3) is 0 Å². The molecule has 214 valence electrons. The SMILES string of the molecule is Cc1cc(COc2ccc(F)cc2Cl)c(C)c(C2C(C#N)=C(N)N(c3ccc([N+](=O)[O-])cc3Cl)C3=C2C(=O)CCC3)c1. The summed E-state index contributed by atoms with van der Waals surface area (Å²) in [5.41, 5.74) is 11.3. The number of ether oxygens (including phenoxy) is 1. The molecule has 3 aromatic carbocycles. The van der Waals surface area contributed by atoms with Crippen LogP contribution in [0.2, 0.25) is 10.0 Å². The summed E-state index contributed by atoms with van der Waals surface area (Å²) in [6.45, 7) is 3.91. The summed E-state index contributed by atoms with van der Waals surface area (Å²) in [5.74, 6) is -0.899. The maximum Gasteiger partial charge on any atom is 0.271 e. The largest absolute Gasteiger partial charge is 0.487 e. The number of anilines is 1. The minimum absolute atomic E-state index is 0.0680. The van der Waals surface area contributed by atoms with Crippen molar-refractivity contribution in [1.29, 1.82) is 5.26 Å². The van der Waals surface area contributed by atoms with Gasteiger partial charge in [-0.05, 0) is 67.6 Å². The molecule has 0 amide bonds. The van der Waals surface area contributed by atoms with Crippen LogP contribution >= 0.6 is 23.2 Å². The van der Waals surface area contributed by atoms with Crippen LogP contribution in [0.4, 0.5) is 15.8 Å². The van der Waals surface area contributed by atoms with E-state index in [1.54, 1.807) is 4.90 Å². The van der Waals surface area contributed by atoms with E-state index in [9.17, 15) is 24.6 Å². The molecule has 1 heterocycles. The third-order valence-corrected chi connectivity index (χ3v) is 8.18. The average molecular weight is 607 g/mol. The molecule has 0 spiro atoms. The lowest BCUT2D eigenvalue weighted by atomic mass is 9.73. The van der Waals surface area contributed by atoms with Crippen molar-refractivity contribution in [3.8, 4) is 11.8 Å². The van der Waals surface area contributed by atoms with Crippen LogP contribution in [0, 0.1) is 41.1 Å². The number of carbonyl (C=O) groups is 1. The van der Waals surface area contributed by atoms with E-state index in [2.05, 4.69) is 6.07 Å². The van der Waals surface area contributed by atoms with Gasteiger partial charge in [-0.3, -0.25) is 19.8 Å². The van der Waals surface area contributed by atoms with Crippen molar-refractivity contribution >= 4 is 40.4 Å². The number of carbonyl (C=O) groups excluding carboxylic acids is 1. The first-order valence-corrected chi connectivity index (χ1v) is 13.8. The van der Waals surface area contributed by atoms with Crippen molar-refractivity contribution in [2.75, 3.05) is 4.90 Å². The Bertz CT molecular complexity index is 1760. The number of non-ortho nitro benzene ring substituents is 1. The van der Waals surface area contributed by atoms with Crippen LogP contribution in [0.15, 0.2) is 71.2 Å². The molecule has 3 aromatic rings. The number of benzene rings is 3. The zero-order valence-electron chi connectivity index (χ0n) is 22.7. The van der Waals surface area contributed by atoms with Gasteiger partial charge in [-0.2, -0.15) is 5.26 Å². The van der Waals surface area contributed by atoms with Gasteiger partial charge in [0.25, 0.3) is 5.69 Å². The van der Waals surface area contributed by atoms with E-state index < -0.39 is 16.7 Å². The summed E-state index contributed by atoms with van der Waals surface area (Å²) < 4.78 is 19.4. The highest BCUT2D eigenvalue weighted by Crippen LogP contribution is 2.48. The lowest BCUT2D eigenvalue weighted by molar-refractivity contribution is -0.384. The molecule has 0 radical (unpaired) electrons. The second-order valence-corrected chi connectivity index (χ2v) is 11.0. The molecule has 0 saturated carbocycles. The molecule has 0 fully saturated rings. The predicted octanol–water partition coefficient (Wildman–Crippen LogP) is 7.54. The van der Waals surface area contributed by atoms with Crippen LogP contribution in [-0.4, -0.2) is 10.7 Å². The molecule has 1 aliphatic heterocycles. The molecule has 0 saturated heterocycles. The highest BCUT2D eigenvalue weighted by atomic mass is 35.5. The highest BCUT2D eigenvalue weighted by molar-refractivity contribution is 6.33. The Labute approximate surface area is 251 Å².